The normalized spacial score (nSPS) is 13.8. The lowest BCUT2D eigenvalue weighted by molar-refractivity contribution is 0.703. The van der Waals surface area contributed by atoms with Crippen LogP contribution in [0.2, 0.25) is 0 Å². The first-order valence-electron chi connectivity index (χ1n) is 5.31. The number of benzene rings is 2. The standard InChI is InChI=1S/C13H6Cl7/c14-11(15,12(16,17)13(18,19)20)10-7-3-5-8-4-1-2-6-9(8)10/h1-5,7H. The van der Waals surface area contributed by atoms with Gasteiger partial charge in [-0.25, -0.2) is 0 Å². The average Bonchev–Trinajstić information content (AvgIpc) is 2.36. The van der Waals surface area contributed by atoms with Crippen molar-refractivity contribution in [3.63, 3.8) is 0 Å². The van der Waals surface area contributed by atoms with Gasteiger partial charge >= 0.3 is 0 Å². The molecule has 0 bridgehead atoms. The summed E-state index contributed by atoms with van der Waals surface area (Å²) >= 11 is 42.3. The van der Waals surface area contributed by atoms with Crippen LogP contribution in [0.4, 0.5) is 0 Å². The Morgan fingerprint density at radius 2 is 1.40 bits per heavy atom. The summed E-state index contributed by atoms with van der Waals surface area (Å²) in [5, 5.41) is 1.52. The molecule has 0 nitrogen and oxygen atoms in total. The van der Waals surface area contributed by atoms with Crippen LogP contribution in [-0.4, -0.2) is 8.13 Å². The number of halogens is 7. The van der Waals surface area contributed by atoms with E-state index in [4.69, 9.17) is 81.2 Å². The third-order valence-electron chi connectivity index (χ3n) is 2.78. The maximum absolute atomic E-state index is 6.35. The van der Waals surface area contributed by atoms with Crippen molar-refractivity contribution >= 4 is 92.0 Å². The average molecular weight is 410 g/mol. The molecule has 7 heteroatoms. The molecule has 0 aliphatic carbocycles. The summed E-state index contributed by atoms with van der Waals surface area (Å²) in [4.78, 5) is 0. The number of fused-ring (bicyclic) bond motifs is 1. The maximum atomic E-state index is 6.35. The lowest BCUT2D eigenvalue weighted by Gasteiger charge is -2.38. The highest BCUT2D eigenvalue weighted by Gasteiger charge is 2.61. The second kappa shape index (κ2) is 5.74. The molecule has 2 rings (SSSR count). The third kappa shape index (κ3) is 2.82. The van der Waals surface area contributed by atoms with Gasteiger partial charge in [-0.05, 0) is 22.4 Å². The second-order valence-corrected chi connectivity index (χ2v) is 9.02. The Morgan fingerprint density at radius 3 is 2.00 bits per heavy atom. The Hall–Kier alpha value is 0.730. The zero-order chi connectivity index (χ0) is 15.2. The molecule has 2 aromatic carbocycles. The minimum Gasteiger partial charge on any atom is -0.0930 e. The van der Waals surface area contributed by atoms with Gasteiger partial charge in [0.25, 0.3) is 0 Å². The van der Waals surface area contributed by atoms with Crippen molar-refractivity contribution in [3.8, 4) is 0 Å². The first-order valence-corrected chi connectivity index (χ1v) is 7.96. The molecule has 0 saturated carbocycles. The molecule has 0 aromatic heterocycles. The summed E-state index contributed by atoms with van der Waals surface area (Å²) in [5.41, 5.74) is 0.412. The van der Waals surface area contributed by atoms with E-state index < -0.39 is 12.5 Å². The van der Waals surface area contributed by atoms with E-state index in [1.54, 1.807) is 18.2 Å². The molecule has 0 aliphatic heterocycles. The summed E-state index contributed by atoms with van der Waals surface area (Å²) in [6, 6.07) is 13.8. The molecule has 1 radical (unpaired) electrons. The first-order chi connectivity index (χ1) is 9.09. The number of hydrogen-bond acceptors (Lipinski definition) is 0. The Balaban J connectivity index is 2.69. The predicted octanol–water partition coefficient (Wildman–Crippen LogP) is 6.81. The van der Waals surface area contributed by atoms with Crippen LogP contribution < -0.4 is 0 Å². The largest absolute Gasteiger partial charge is 0.226 e. The SMILES string of the molecule is ClC(Cl)(Cl)C(Cl)(Cl)C(Cl)(Cl)c1cccc2ccc[c]c12. The van der Waals surface area contributed by atoms with Crippen LogP contribution in [0.15, 0.2) is 36.4 Å². The lowest BCUT2D eigenvalue weighted by atomic mass is 10.00. The van der Waals surface area contributed by atoms with E-state index in [-0.39, 0.29) is 0 Å². The van der Waals surface area contributed by atoms with Crippen molar-refractivity contribution < 1.29 is 0 Å². The smallest absolute Gasteiger partial charge is 0.0930 e. The van der Waals surface area contributed by atoms with E-state index in [1.807, 2.05) is 18.2 Å². The molecule has 20 heavy (non-hydrogen) atoms. The van der Waals surface area contributed by atoms with Gasteiger partial charge in [0, 0.05) is 0 Å². The first kappa shape index (κ1) is 17.1. The van der Waals surface area contributed by atoms with E-state index >= 15 is 0 Å². The molecule has 0 saturated heterocycles. The number of hydrogen-bond donors (Lipinski definition) is 0. The third-order valence-corrected chi connectivity index (χ3v) is 6.71. The van der Waals surface area contributed by atoms with Crippen molar-refractivity contribution in [1.82, 2.24) is 0 Å². The van der Waals surface area contributed by atoms with Gasteiger partial charge < -0.3 is 0 Å². The van der Waals surface area contributed by atoms with Gasteiger partial charge in [0.2, 0.25) is 8.13 Å². The Morgan fingerprint density at radius 1 is 0.800 bits per heavy atom. The van der Waals surface area contributed by atoms with Crippen LogP contribution in [-0.2, 0) is 4.33 Å². The minimum atomic E-state index is -2.09. The van der Waals surface area contributed by atoms with E-state index in [1.165, 1.54) is 0 Å². The van der Waals surface area contributed by atoms with Crippen LogP contribution in [0.1, 0.15) is 5.56 Å². The van der Waals surface area contributed by atoms with Gasteiger partial charge in [0.05, 0.1) is 0 Å². The van der Waals surface area contributed by atoms with Crippen molar-refractivity contribution in [3.05, 3.63) is 48.0 Å². The summed E-state index contributed by atoms with van der Waals surface area (Å²) < 4.78 is -6.00. The molecule has 0 aliphatic rings. The molecule has 107 valence electrons. The van der Waals surface area contributed by atoms with Gasteiger partial charge in [0.1, 0.15) is 0 Å². The fourth-order valence-corrected chi connectivity index (χ4v) is 3.28. The van der Waals surface area contributed by atoms with Crippen LogP contribution in [0.25, 0.3) is 10.8 Å². The molecule has 0 N–H and O–H groups in total. The Kier molecular flexibility index (Phi) is 4.90. The van der Waals surface area contributed by atoms with Crippen LogP contribution in [0.3, 0.4) is 0 Å². The predicted molar refractivity (Wildman–Crippen MR) is 90.9 cm³/mol. The van der Waals surface area contributed by atoms with Crippen molar-refractivity contribution in [1.29, 1.82) is 0 Å². The highest BCUT2D eigenvalue weighted by molar-refractivity contribution is 6.78. The van der Waals surface area contributed by atoms with E-state index in [0.717, 1.165) is 5.39 Å². The Labute approximate surface area is 151 Å². The molecule has 0 heterocycles. The number of alkyl halides is 7. The highest BCUT2D eigenvalue weighted by Crippen LogP contribution is 2.61. The van der Waals surface area contributed by atoms with Crippen molar-refractivity contribution in [2.45, 2.75) is 12.5 Å². The van der Waals surface area contributed by atoms with Crippen molar-refractivity contribution in [2.24, 2.45) is 0 Å². The fourth-order valence-electron chi connectivity index (χ4n) is 1.76. The topological polar surface area (TPSA) is 0 Å². The zero-order valence-corrected chi connectivity index (χ0v) is 14.9. The molecule has 2 aromatic rings. The minimum absolute atomic E-state index is 0.412. The monoisotopic (exact) mass is 407 g/mol. The van der Waals surface area contributed by atoms with E-state index in [0.29, 0.717) is 10.9 Å². The molecular formula is C13H6Cl7. The summed E-state index contributed by atoms with van der Waals surface area (Å²) in [6.45, 7) is 0. The van der Waals surface area contributed by atoms with Gasteiger partial charge in [-0.15, -0.1) is 0 Å². The van der Waals surface area contributed by atoms with Crippen LogP contribution >= 0.6 is 81.2 Å². The molecule has 0 atom stereocenters. The zero-order valence-electron chi connectivity index (χ0n) is 9.61. The van der Waals surface area contributed by atoms with Gasteiger partial charge in [-0.3, -0.25) is 0 Å². The van der Waals surface area contributed by atoms with Gasteiger partial charge in [-0.1, -0.05) is 118 Å². The summed E-state index contributed by atoms with van der Waals surface area (Å²) in [7, 11) is 0. The molecule has 0 unspecified atom stereocenters. The summed E-state index contributed by atoms with van der Waals surface area (Å²) in [6.07, 6.45) is 0. The quantitative estimate of drug-likeness (QED) is 0.477. The summed E-state index contributed by atoms with van der Waals surface area (Å²) in [5.74, 6) is 0. The molecule has 0 spiro atoms. The van der Waals surface area contributed by atoms with Gasteiger partial charge in [-0.2, -0.15) is 0 Å². The second-order valence-electron chi connectivity index (χ2n) is 4.09. The van der Waals surface area contributed by atoms with E-state index in [9.17, 15) is 0 Å². The van der Waals surface area contributed by atoms with Crippen LogP contribution in [0.5, 0.6) is 0 Å². The van der Waals surface area contributed by atoms with Crippen molar-refractivity contribution in [2.75, 3.05) is 0 Å². The Bertz CT molecular complexity index is 623. The highest BCUT2D eigenvalue weighted by atomic mass is 35.6. The lowest BCUT2D eigenvalue weighted by Crippen LogP contribution is -2.45. The van der Waals surface area contributed by atoms with E-state index in [2.05, 4.69) is 6.07 Å². The molecule has 0 amide bonds. The van der Waals surface area contributed by atoms with Gasteiger partial charge in [0.15, 0.2) is 4.33 Å². The van der Waals surface area contributed by atoms with Crippen LogP contribution in [0, 0.1) is 6.07 Å². The molecule has 0 fully saturated rings. The maximum Gasteiger partial charge on any atom is 0.226 e. The fraction of sp³-hybridized carbons (Fsp3) is 0.231. The molecular weight excluding hydrogens is 404 g/mol. The number of rotatable bonds is 2.